The molecule has 1 N–H and O–H groups in total. The summed E-state index contributed by atoms with van der Waals surface area (Å²) >= 11 is 0. The van der Waals surface area contributed by atoms with Gasteiger partial charge in [0.2, 0.25) is 0 Å². The molecule has 2 atom stereocenters. The first-order chi connectivity index (χ1) is 14.3. The van der Waals surface area contributed by atoms with Gasteiger partial charge < -0.3 is 10.1 Å². The van der Waals surface area contributed by atoms with E-state index < -0.39 is 6.10 Å². The van der Waals surface area contributed by atoms with Gasteiger partial charge in [0.05, 0.1) is 6.04 Å². The molecule has 0 aromatic heterocycles. The molecule has 0 radical (unpaired) electrons. The van der Waals surface area contributed by atoms with Crippen LogP contribution in [0.3, 0.4) is 0 Å². The Hall–Kier alpha value is -2.29. The zero-order valence-electron chi connectivity index (χ0n) is 19.3. The number of hydrogen-bond donors (Lipinski definition) is 1. The lowest BCUT2D eigenvalue weighted by Crippen LogP contribution is -2.40. The van der Waals surface area contributed by atoms with Gasteiger partial charge in [-0.05, 0) is 78.3 Å². The number of nitrogens with one attached hydrogen (secondary N) is 1. The van der Waals surface area contributed by atoms with E-state index in [2.05, 4.69) is 63.3 Å². The van der Waals surface area contributed by atoms with Gasteiger partial charge in [0.1, 0.15) is 5.75 Å². The number of carbonyl (C=O) groups is 1. The molecule has 3 heteroatoms. The summed E-state index contributed by atoms with van der Waals surface area (Å²) in [6, 6.07) is 14.9. The van der Waals surface area contributed by atoms with Crippen molar-refractivity contribution in [2.45, 2.75) is 90.7 Å². The fourth-order valence-electron chi connectivity index (χ4n) is 4.18. The molecule has 162 valence electrons. The molecule has 0 fully saturated rings. The highest BCUT2D eigenvalue weighted by molar-refractivity contribution is 5.81. The van der Waals surface area contributed by atoms with Crippen molar-refractivity contribution in [3.63, 3.8) is 0 Å². The zero-order valence-corrected chi connectivity index (χ0v) is 19.3. The van der Waals surface area contributed by atoms with Crippen LogP contribution in [0.4, 0.5) is 0 Å². The van der Waals surface area contributed by atoms with Gasteiger partial charge >= 0.3 is 0 Å². The third kappa shape index (κ3) is 5.44. The Morgan fingerprint density at radius 1 is 0.967 bits per heavy atom. The number of hydrogen-bond acceptors (Lipinski definition) is 2. The Kier molecular flexibility index (Phi) is 7.23. The van der Waals surface area contributed by atoms with Crippen molar-refractivity contribution in [2.24, 2.45) is 0 Å². The molecule has 0 heterocycles. The van der Waals surface area contributed by atoms with Crippen molar-refractivity contribution >= 4 is 5.91 Å². The van der Waals surface area contributed by atoms with E-state index in [9.17, 15) is 4.79 Å². The highest BCUT2D eigenvalue weighted by Crippen LogP contribution is 2.27. The minimum absolute atomic E-state index is 0.0191. The first-order valence-electron chi connectivity index (χ1n) is 11.5. The molecule has 3 rings (SSSR count). The van der Waals surface area contributed by atoms with Gasteiger partial charge in [-0.1, -0.05) is 65.0 Å². The lowest BCUT2D eigenvalue weighted by molar-refractivity contribution is -0.128. The van der Waals surface area contributed by atoms with Gasteiger partial charge in [-0.15, -0.1) is 0 Å². The number of carbonyl (C=O) groups excluding carboxylic acids is 1. The highest BCUT2D eigenvalue weighted by Gasteiger charge is 2.23. The summed E-state index contributed by atoms with van der Waals surface area (Å²) in [6.45, 7) is 10.7. The summed E-state index contributed by atoms with van der Waals surface area (Å²) in [5.74, 6) is 0.703. The van der Waals surface area contributed by atoms with Crippen molar-refractivity contribution < 1.29 is 9.53 Å². The Morgan fingerprint density at radius 2 is 1.63 bits per heavy atom. The molecule has 1 amide bonds. The van der Waals surface area contributed by atoms with Crippen LogP contribution in [0.25, 0.3) is 0 Å². The molecule has 2 aromatic carbocycles. The van der Waals surface area contributed by atoms with E-state index in [4.69, 9.17) is 4.74 Å². The second-order valence-electron chi connectivity index (χ2n) is 9.49. The predicted octanol–water partition coefficient (Wildman–Crippen LogP) is 6.29. The van der Waals surface area contributed by atoms with Crippen LogP contribution in [0.5, 0.6) is 5.75 Å². The summed E-state index contributed by atoms with van der Waals surface area (Å²) in [6.07, 6.45) is 5.88. The van der Waals surface area contributed by atoms with E-state index in [1.165, 1.54) is 41.5 Å². The Labute approximate surface area is 182 Å². The molecule has 3 nitrogen and oxygen atoms in total. The second kappa shape index (κ2) is 9.68. The number of benzene rings is 2. The maximum absolute atomic E-state index is 13.0. The smallest absolute Gasteiger partial charge is 0.261 e. The molecule has 0 bridgehead atoms. The fourth-order valence-corrected chi connectivity index (χ4v) is 4.18. The Balaban J connectivity index is 1.67. The van der Waals surface area contributed by atoms with E-state index in [0.29, 0.717) is 6.42 Å². The Morgan fingerprint density at radius 3 is 2.23 bits per heavy atom. The first kappa shape index (κ1) is 22.4. The summed E-state index contributed by atoms with van der Waals surface area (Å²) in [4.78, 5) is 13.0. The van der Waals surface area contributed by atoms with Crippen LogP contribution in [0.2, 0.25) is 0 Å². The van der Waals surface area contributed by atoms with Crippen LogP contribution in [0.15, 0.2) is 42.5 Å². The molecule has 1 aliphatic rings. The monoisotopic (exact) mass is 407 g/mol. The van der Waals surface area contributed by atoms with Gasteiger partial charge in [0, 0.05) is 0 Å². The fraction of sp³-hybridized carbons (Fsp3) is 0.519. The molecule has 0 saturated carbocycles. The first-order valence-corrected chi connectivity index (χ1v) is 11.5. The molecular formula is C27H37NO2. The van der Waals surface area contributed by atoms with Gasteiger partial charge in [0.15, 0.2) is 6.10 Å². The SMILES string of the molecule is CC[C@H](NC(=O)[C@@H](CC)Oc1ccc(C(C)(C)C)cc1)c1ccc2c(c1)CCCC2. The van der Waals surface area contributed by atoms with Crippen LogP contribution in [-0.4, -0.2) is 12.0 Å². The van der Waals surface area contributed by atoms with Crippen LogP contribution in [0.1, 0.15) is 88.6 Å². The number of amides is 1. The minimum Gasteiger partial charge on any atom is -0.481 e. The van der Waals surface area contributed by atoms with Crippen LogP contribution < -0.4 is 10.1 Å². The van der Waals surface area contributed by atoms with Gasteiger partial charge in [0.25, 0.3) is 5.91 Å². The summed E-state index contributed by atoms with van der Waals surface area (Å²) in [5, 5.41) is 3.23. The average Bonchev–Trinajstić information content (AvgIpc) is 2.75. The van der Waals surface area contributed by atoms with E-state index >= 15 is 0 Å². The highest BCUT2D eigenvalue weighted by atomic mass is 16.5. The number of ether oxygens (including phenoxy) is 1. The van der Waals surface area contributed by atoms with E-state index in [1.54, 1.807) is 0 Å². The maximum atomic E-state index is 13.0. The van der Waals surface area contributed by atoms with E-state index in [1.807, 2.05) is 19.1 Å². The van der Waals surface area contributed by atoms with Crippen molar-refractivity contribution in [3.8, 4) is 5.75 Å². The molecule has 0 unspecified atom stereocenters. The topological polar surface area (TPSA) is 38.3 Å². The number of aryl methyl sites for hydroxylation is 2. The summed E-state index contributed by atoms with van der Waals surface area (Å²) < 4.78 is 6.05. The van der Waals surface area contributed by atoms with Crippen LogP contribution in [0, 0.1) is 0 Å². The zero-order chi connectivity index (χ0) is 21.7. The normalized spacial score (nSPS) is 15.8. The molecule has 2 aromatic rings. The number of rotatable bonds is 7. The van der Waals surface area contributed by atoms with E-state index in [-0.39, 0.29) is 17.4 Å². The third-order valence-corrected chi connectivity index (χ3v) is 6.16. The third-order valence-electron chi connectivity index (χ3n) is 6.16. The summed E-state index contributed by atoms with van der Waals surface area (Å²) in [7, 11) is 0. The van der Waals surface area contributed by atoms with Crippen molar-refractivity contribution in [1.82, 2.24) is 5.32 Å². The number of fused-ring (bicyclic) bond motifs is 1. The molecular weight excluding hydrogens is 370 g/mol. The standard InChI is InChI=1S/C27H37NO2/c1-6-24(21-13-12-19-10-8-9-11-20(19)18-21)28-26(29)25(7-2)30-23-16-14-22(15-17-23)27(3,4)5/h12-18,24-25H,6-11H2,1-5H3,(H,28,29)/t24-,25+/m0/s1. The van der Waals surface area contributed by atoms with Gasteiger partial charge in [-0.25, -0.2) is 0 Å². The van der Waals surface area contributed by atoms with Crippen molar-refractivity contribution in [2.75, 3.05) is 0 Å². The lowest BCUT2D eigenvalue weighted by atomic mass is 9.87. The second-order valence-corrected chi connectivity index (χ2v) is 9.49. The van der Waals surface area contributed by atoms with E-state index in [0.717, 1.165) is 18.6 Å². The average molecular weight is 408 g/mol. The molecule has 0 saturated heterocycles. The molecule has 1 aliphatic carbocycles. The molecule has 0 spiro atoms. The molecule has 0 aliphatic heterocycles. The predicted molar refractivity (Wildman–Crippen MR) is 124 cm³/mol. The van der Waals surface area contributed by atoms with Crippen molar-refractivity contribution in [1.29, 1.82) is 0 Å². The quantitative estimate of drug-likeness (QED) is 0.586. The van der Waals surface area contributed by atoms with Crippen LogP contribution >= 0.6 is 0 Å². The van der Waals surface area contributed by atoms with Crippen molar-refractivity contribution in [3.05, 3.63) is 64.7 Å². The van der Waals surface area contributed by atoms with Crippen LogP contribution in [-0.2, 0) is 23.1 Å². The molecule has 30 heavy (non-hydrogen) atoms. The minimum atomic E-state index is -0.489. The summed E-state index contributed by atoms with van der Waals surface area (Å²) in [5.41, 5.74) is 5.48. The van der Waals surface area contributed by atoms with Gasteiger partial charge in [-0.2, -0.15) is 0 Å². The van der Waals surface area contributed by atoms with Gasteiger partial charge in [-0.3, -0.25) is 4.79 Å². The maximum Gasteiger partial charge on any atom is 0.261 e. The Bertz CT molecular complexity index is 848. The lowest BCUT2D eigenvalue weighted by Gasteiger charge is -2.24. The largest absolute Gasteiger partial charge is 0.481 e.